The van der Waals surface area contributed by atoms with E-state index in [0.29, 0.717) is 13.1 Å². The Balaban J connectivity index is 2.67. The number of rotatable bonds is 7. The predicted molar refractivity (Wildman–Crippen MR) is 75.0 cm³/mol. The molecule has 0 spiro atoms. The minimum atomic E-state index is -0.498. The molecular weight excluding hydrogens is 243 g/mol. The minimum Gasteiger partial charge on any atom is -0.337 e. The van der Waals surface area contributed by atoms with E-state index in [2.05, 4.69) is 6.92 Å². The molecule has 1 aromatic carbocycles. The van der Waals surface area contributed by atoms with E-state index in [-0.39, 0.29) is 11.7 Å². The van der Waals surface area contributed by atoms with E-state index < -0.39 is 6.04 Å². The van der Waals surface area contributed by atoms with Crippen LogP contribution in [0.2, 0.25) is 0 Å². The van der Waals surface area contributed by atoms with Crippen LogP contribution in [0.3, 0.4) is 0 Å². The fourth-order valence-electron chi connectivity index (χ4n) is 1.92. The maximum atomic E-state index is 12.9. The lowest BCUT2D eigenvalue weighted by Crippen LogP contribution is -2.42. The molecule has 4 heteroatoms. The normalized spacial score (nSPS) is 12.2. The van der Waals surface area contributed by atoms with Crippen LogP contribution in [0.5, 0.6) is 0 Å². The first-order valence-electron chi connectivity index (χ1n) is 6.83. The third-order valence-electron chi connectivity index (χ3n) is 3.02. The maximum absolute atomic E-state index is 12.9. The summed E-state index contributed by atoms with van der Waals surface area (Å²) in [5.74, 6) is -0.319. The van der Waals surface area contributed by atoms with Gasteiger partial charge in [-0.05, 0) is 31.0 Å². The van der Waals surface area contributed by atoms with Crippen molar-refractivity contribution < 1.29 is 9.18 Å². The van der Waals surface area contributed by atoms with Crippen molar-refractivity contribution in [3.63, 3.8) is 0 Å². The van der Waals surface area contributed by atoms with Gasteiger partial charge in [0.25, 0.3) is 0 Å². The number of halogens is 1. The number of carbonyl (C=O) groups excluding carboxylic acids is 1. The molecule has 1 amide bonds. The number of hydrogen-bond acceptors (Lipinski definition) is 2. The summed E-state index contributed by atoms with van der Waals surface area (Å²) >= 11 is 0. The Morgan fingerprint density at radius 1 is 1.32 bits per heavy atom. The van der Waals surface area contributed by atoms with Crippen LogP contribution in [0.15, 0.2) is 24.3 Å². The van der Waals surface area contributed by atoms with Crippen molar-refractivity contribution in [2.24, 2.45) is 5.73 Å². The molecule has 0 aliphatic carbocycles. The summed E-state index contributed by atoms with van der Waals surface area (Å²) in [5.41, 5.74) is 6.59. The van der Waals surface area contributed by atoms with Gasteiger partial charge in [0.15, 0.2) is 0 Å². The summed E-state index contributed by atoms with van der Waals surface area (Å²) < 4.78 is 12.9. The Kier molecular flexibility index (Phi) is 6.50. The Labute approximate surface area is 114 Å². The van der Waals surface area contributed by atoms with E-state index in [1.165, 1.54) is 12.1 Å². The number of nitrogens with zero attached hydrogens (tertiary/aromatic N) is 1. The summed E-state index contributed by atoms with van der Waals surface area (Å²) in [7, 11) is 0. The molecule has 0 saturated carbocycles. The molecule has 0 fully saturated rings. The van der Waals surface area contributed by atoms with Crippen LogP contribution in [-0.2, 0) is 11.3 Å². The van der Waals surface area contributed by atoms with Gasteiger partial charge in [-0.15, -0.1) is 0 Å². The molecule has 0 unspecified atom stereocenters. The zero-order chi connectivity index (χ0) is 14.3. The van der Waals surface area contributed by atoms with Gasteiger partial charge in [-0.25, -0.2) is 4.39 Å². The van der Waals surface area contributed by atoms with Crippen LogP contribution >= 0.6 is 0 Å². The molecule has 0 radical (unpaired) electrons. The van der Waals surface area contributed by atoms with Gasteiger partial charge in [0.05, 0.1) is 6.04 Å². The van der Waals surface area contributed by atoms with Crippen molar-refractivity contribution in [2.45, 2.75) is 45.7 Å². The van der Waals surface area contributed by atoms with E-state index >= 15 is 0 Å². The fourth-order valence-corrected chi connectivity index (χ4v) is 1.92. The number of amides is 1. The van der Waals surface area contributed by atoms with Crippen molar-refractivity contribution in [1.82, 2.24) is 4.90 Å². The summed E-state index contributed by atoms with van der Waals surface area (Å²) in [4.78, 5) is 13.8. The van der Waals surface area contributed by atoms with E-state index in [9.17, 15) is 9.18 Å². The zero-order valence-electron chi connectivity index (χ0n) is 11.7. The van der Waals surface area contributed by atoms with Crippen molar-refractivity contribution in [2.75, 3.05) is 6.54 Å². The third kappa shape index (κ3) is 5.39. The van der Waals surface area contributed by atoms with Crippen LogP contribution in [0.25, 0.3) is 0 Å². The van der Waals surface area contributed by atoms with Crippen molar-refractivity contribution in [3.8, 4) is 0 Å². The predicted octanol–water partition coefficient (Wildman–Crippen LogP) is 2.69. The number of benzene rings is 1. The van der Waals surface area contributed by atoms with Crippen LogP contribution < -0.4 is 5.73 Å². The van der Waals surface area contributed by atoms with Crippen LogP contribution in [0, 0.1) is 5.82 Å². The average molecular weight is 266 g/mol. The largest absolute Gasteiger partial charge is 0.337 e. The molecule has 19 heavy (non-hydrogen) atoms. The van der Waals surface area contributed by atoms with Crippen LogP contribution in [0.4, 0.5) is 4.39 Å². The summed E-state index contributed by atoms with van der Waals surface area (Å²) in [6.45, 7) is 5.01. The molecule has 3 nitrogen and oxygen atoms in total. The van der Waals surface area contributed by atoms with E-state index in [4.69, 9.17) is 5.73 Å². The van der Waals surface area contributed by atoms with Crippen molar-refractivity contribution in [1.29, 1.82) is 0 Å². The monoisotopic (exact) mass is 266 g/mol. The average Bonchev–Trinajstić information content (AvgIpc) is 2.39. The molecule has 0 bridgehead atoms. The molecule has 1 rings (SSSR count). The van der Waals surface area contributed by atoms with E-state index in [1.807, 2.05) is 0 Å². The van der Waals surface area contributed by atoms with Crippen molar-refractivity contribution >= 4 is 5.91 Å². The van der Waals surface area contributed by atoms with Gasteiger partial charge in [-0.2, -0.15) is 0 Å². The summed E-state index contributed by atoms with van der Waals surface area (Å²) in [6.07, 6.45) is 3.17. The molecular formula is C15H23FN2O. The molecule has 2 N–H and O–H groups in total. The first-order valence-corrected chi connectivity index (χ1v) is 6.83. The first kappa shape index (κ1) is 15.6. The highest BCUT2D eigenvalue weighted by atomic mass is 19.1. The second-order valence-electron chi connectivity index (χ2n) is 4.88. The molecule has 0 aliphatic rings. The van der Waals surface area contributed by atoms with Gasteiger partial charge in [-0.3, -0.25) is 4.79 Å². The van der Waals surface area contributed by atoms with E-state index in [0.717, 1.165) is 24.8 Å². The quantitative estimate of drug-likeness (QED) is 0.771. The third-order valence-corrected chi connectivity index (χ3v) is 3.02. The molecule has 106 valence electrons. The Morgan fingerprint density at radius 2 is 1.95 bits per heavy atom. The topological polar surface area (TPSA) is 46.3 Å². The molecule has 0 heterocycles. The molecule has 1 aromatic rings. The lowest BCUT2D eigenvalue weighted by atomic mass is 10.1. The smallest absolute Gasteiger partial charge is 0.239 e. The minimum absolute atomic E-state index is 0.0552. The number of hydrogen-bond donors (Lipinski definition) is 1. The number of carbonyl (C=O) groups is 1. The Bertz CT molecular complexity index is 390. The van der Waals surface area contributed by atoms with Crippen LogP contribution in [-0.4, -0.2) is 23.4 Å². The second kappa shape index (κ2) is 7.89. The SMILES string of the molecule is CCCCCN(Cc1ccc(F)cc1)C(=O)[C@H](C)N. The highest BCUT2D eigenvalue weighted by molar-refractivity contribution is 5.81. The lowest BCUT2D eigenvalue weighted by Gasteiger charge is -2.24. The Hall–Kier alpha value is -1.42. The van der Waals surface area contributed by atoms with Gasteiger partial charge in [0.2, 0.25) is 5.91 Å². The lowest BCUT2D eigenvalue weighted by molar-refractivity contribution is -0.132. The summed E-state index contributed by atoms with van der Waals surface area (Å²) in [5, 5.41) is 0. The number of unbranched alkanes of at least 4 members (excludes halogenated alkanes) is 2. The second-order valence-corrected chi connectivity index (χ2v) is 4.88. The standard InChI is InChI=1S/C15H23FN2O/c1-3-4-5-10-18(15(19)12(2)17)11-13-6-8-14(16)9-7-13/h6-9,12H,3-5,10-11,17H2,1-2H3/t12-/m0/s1. The maximum Gasteiger partial charge on any atom is 0.239 e. The van der Waals surface area contributed by atoms with Gasteiger partial charge in [-0.1, -0.05) is 31.9 Å². The zero-order valence-corrected chi connectivity index (χ0v) is 11.7. The highest BCUT2D eigenvalue weighted by Crippen LogP contribution is 2.09. The van der Waals surface area contributed by atoms with Gasteiger partial charge >= 0.3 is 0 Å². The van der Waals surface area contributed by atoms with E-state index in [1.54, 1.807) is 24.0 Å². The van der Waals surface area contributed by atoms with Gasteiger partial charge < -0.3 is 10.6 Å². The Morgan fingerprint density at radius 3 is 2.47 bits per heavy atom. The first-order chi connectivity index (χ1) is 9.04. The van der Waals surface area contributed by atoms with Gasteiger partial charge in [0.1, 0.15) is 5.82 Å². The summed E-state index contributed by atoms with van der Waals surface area (Å²) in [6, 6.07) is 5.74. The van der Waals surface area contributed by atoms with Crippen molar-refractivity contribution in [3.05, 3.63) is 35.6 Å². The molecule has 0 saturated heterocycles. The van der Waals surface area contributed by atoms with Gasteiger partial charge in [0, 0.05) is 13.1 Å². The fraction of sp³-hybridized carbons (Fsp3) is 0.533. The molecule has 1 atom stereocenters. The molecule has 0 aromatic heterocycles. The highest BCUT2D eigenvalue weighted by Gasteiger charge is 2.17. The van der Waals surface area contributed by atoms with Crippen LogP contribution in [0.1, 0.15) is 38.7 Å². The molecule has 0 aliphatic heterocycles. The number of nitrogens with two attached hydrogens (primary N) is 1.